The number of phenolic OH excluding ortho intramolecular Hbond substituents is 1. The van der Waals surface area contributed by atoms with E-state index in [2.05, 4.69) is 24.7 Å². The third-order valence-electron chi connectivity index (χ3n) is 1.90. The van der Waals surface area contributed by atoms with E-state index < -0.39 is 0 Å². The zero-order chi connectivity index (χ0) is 11.1. The fourth-order valence-corrected chi connectivity index (χ4v) is 0.986. The van der Waals surface area contributed by atoms with Gasteiger partial charge in [0, 0.05) is 14.2 Å². The fourth-order valence-electron chi connectivity index (χ4n) is 0.986. The Morgan fingerprint density at radius 2 is 1.71 bits per heavy atom. The van der Waals surface area contributed by atoms with E-state index in [0.29, 0.717) is 11.7 Å². The van der Waals surface area contributed by atoms with Gasteiger partial charge in [0.1, 0.15) is 5.75 Å². The second kappa shape index (κ2) is 6.44. The number of benzene rings is 1. The minimum atomic E-state index is 0.399. The summed E-state index contributed by atoms with van der Waals surface area (Å²) < 4.78 is 4.25. The molecule has 0 radical (unpaired) electrons. The topological polar surface area (TPSA) is 29.5 Å². The Morgan fingerprint density at radius 1 is 1.21 bits per heavy atom. The van der Waals surface area contributed by atoms with Gasteiger partial charge >= 0.3 is 0 Å². The van der Waals surface area contributed by atoms with E-state index in [9.17, 15) is 5.11 Å². The molecule has 0 saturated heterocycles. The Balaban J connectivity index is 0.000000500. The standard InChI is InChI=1S/C10H14O.C2H6O/c1-7(2)9-5-4-8(3)10(11)6-9;1-3-2/h4-7,11H,1-3H3;1-2H3. The monoisotopic (exact) mass is 196 g/mol. The molecule has 0 amide bonds. The average Bonchev–Trinajstić information content (AvgIpc) is 2.10. The van der Waals surface area contributed by atoms with Gasteiger partial charge in [-0.25, -0.2) is 0 Å². The molecule has 1 rings (SSSR count). The van der Waals surface area contributed by atoms with Crippen molar-refractivity contribution in [3.63, 3.8) is 0 Å². The summed E-state index contributed by atoms with van der Waals surface area (Å²) in [5.41, 5.74) is 2.13. The Labute approximate surface area is 86.5 Å². The highest BCUT2D eigenvalue weighted by Gasteiger charge is 2.00. The van der Waals surface area contributed by atoms with E-state index in [4.69, 9.17) is 0 Å². The van der Waals surface area contributed by atoms with E-state index >= 15 is 0 Å². The van der Waals surface area contributed by atoms with Gasteiger partial charge < -0.3 is 9.84 Å². The molecule has 0 aliphatic heterocycles. The first-order chi connectivity index (χ1) is 6.52. The molecule has 1 N–H and O–H groups in total. The van der Waals surface area contributed by atoms with Gasteiger partial charge in [-0.3, -0.25) is 0 Å². The zero-order valence-corrected chi connectivity index (χ0v) is 9.66. The Hall–Kier alpha value is -1.02. The first kappa shape index (κ1) is 13.0. The molecule has 0 aromatic heterocycles. The van der Waals surface area contributed by atoms with Crippen LogP contribution < -0.4 is 0 Å². The average molecular weight is 196 g/mol. The van der Waals surface area contributed by atoms with Crippen LogP contribution in [0.25, 0.3) is 0 Å². The van der Waals surface area contributed by atoms with Crippen molar-refractivity contribution in [2.45, 2.75) is 26.7 Å². The van der Waals surface area contributed by atoms with Crippen molar-refractivity contribution in [1.29, 1.82) is 0 Å². The third-order valence-corrected chi connectivity index (χ3v) is 1.90. The van der Waals surface area contributed by atoms with Crippen LogP contribution in [0.5, 0.6) is 5.75 Å². The van der Waals surface area contributed by atoms with Crippen molar-refractivity contribution in [2.75, 3.05) is 14.2 Å². The molecule has 1 aromatic carbocycles. The lowest BCUT2D eigenvalue weighted by atomic mass is 10.0. The van der Waals surface area contributed by atoms with Gasteiger partial charge in [0.25, 0.3) is 0 Å². The minimum Gasteiger partial charge on any atom is -0.508 e. The number of phenols is 1. The Morgan fingerprint density at radius 3 is 2.07 bits per heavy atom. The van der Waals surface area contributed by atoms with Crippen LogP contribution in [0.4, 0.5) is 0 Å². The van der Waals surface area contributed by atoms with Gasteiger partial charge in [0.05, 0.1) is 0 Å². The predicted octanol–water partition coefficient (Wildman–Crippen LogP) is 3.09. The van der Waals surface area contributed by atoms with E-state index in [1.807, 2.05) is 19.1 Å². The van der Waals surface area contributed by atoms with E-state index in [1.165, 1.54) is 5.56 Å². The number of rotatable bonds is 1. The second-order valence-electron chi connectivity index (χ2n) is 3.61. The molecule has 0 unspecified atom stereocenters. The summed E-state index contributed by atoms with van der Waals surface area (Å²) in [6.45, 7) is 6.13. The molecule has 0 fully saturated rings. The van der Waals surface area contributed by atoms with Crippen molar-refractivity contribution in [3.8, 4) is 5.75 Å². The normalized spacial score (nSPS) is 9.57. The molecule has 0 aliphatic carbocycles. The molecule has 2 nitrogen and oxygen atoms in total. The van der Waals surface area contributed by atoms with Crippen LogP contribution in [0.2, 0.25) is 0 Å². The summed E-state index contributed by atoms with van der Waals surface area (Å²) in [4.78, 5) is 0. The summed E-state index contributed by atoms with van der Waals surface area (Å²) in [6, 6.07) is 5.84. The Kier molecular flexibility index (Phi) is 5.97. The lowest BCUT2D eigenvalue weighted by molar-refractivity contribution is 0.277. The highest BCUT2D eigenvalue weighted by Crippen LogP contribution is 2.22. The summed E-state index contributed by atoms with van der Waals surface area (Å²) >= 11 is 0. The summed E-state index contributed by atoms with van der Waals surface area (Å²) in [7, 11) is 3.25. The number of hydrogen-bond acceptors (Lipinski definition) is 2. The van der Waals surface area contributed by atoms with Crippen LogP contribution in [0.1, 0.15) is 30.9 Å². The second-order valence-corrected chi connectivity index (χ2v) is 3.61. The van der Waals surface area contributed by atoms with Gasteiger partial charge in [-0.1, -0.05) is 26.0 Å². The number of hydrogen-bond donors (Lipinski definition) is 1. The molecule has 0 aliphatic rings. The molecule has 80 valence electrons. The Bertz CT molecular complexity index is 267. The fraction of sp³-hybridized carbons (Fsp3) is 0.500. The zero-order valence-electron chi connectivity index (χ0n) is 9.66. The van der Waals surface area contributed by atoms with Crippen molar-refractivity contribution < 1.29 is 9.84 Å². The lowest BCUT2D eigenvalue weighted by Crippen LogP contribution is -1.86. The quantitative estimate of drug-likeness (QED) is 0.748. The maximum absolute atomic E-state index is 9.35. The van der Waals surface area contributed by atoms with Crippen LogP contribution in [0.15, 0.2) is 18.2 Å². The molecule has 0 saturated carbocycles. The predicted molar refractivity (Wildman–Crippen MR) is 59.9 cm³/mol. The molecule has 0 heterocycles. The highest BCUT2D eigenvalue weighted by molar-refractivity contribution is 5.36. The number of methoxy groups -OCH3 is 1. The summed E-state index contributed by atoms with van der Waals surface area (Å²) in [6.07, 6.45) is 0. The van der Waals surface area contributed by atoms with Crippen LogP contribution in [0, 0.1) is 6.92 Å². The van der Waals surface area contributed by atoms with Gasteiger partial charge in [-0.05, 0) is 30.0 Å². The summed E-state index contributed by atoms with van der Waals surface area (Å²) in [5.74, 6) is 0.887. The lowest BCUT2D eigenvalue weighted by Gasteiger charge is -2.06. The minimum absolute atomic E-state index is 0.399. The molecule has 1 aromatic rings. The van der Waals surface area contributed by atoms with Crippen molar-refractivity contribution in [3.05, 3.63) is 29.3 Å². The molecule has 0 bridgehead atoms. The van der Waals surface area contributed by atoms with Crippen LogP contribution in [-0.4, -0.2) is 19.3 Å². The van der Waals surface area contributed by atoms with Gasteiger partial charge in [-0.2, -0.15) is 0 Å². The largest absolute Gasteiger partial charge is 0.508 e. The number of ether oxygens (including phenoxy) is 1. The molecular formula is C12H20O2. The van der Waals surface area contributed by atoms with Crippen molar-refractivity contribution in [2.24, 2.45) is 0 Å². The molecule has 2 heteroatoms. The summed E-state index contributed by atoms with van der Waals surface area (Å²) in [5, 5.41) is 9.35. The van der Waals surface area contributed by atoms with Crippen molar-refractivity contribution >= 4 is 0 Å². The first-order valence-electron chi connectivity index (χ1n) is 4.72. The maximum Gasteiger partial charge on any atom is 0.118 e. The van der Waals surface area contributed by atoms with Crippen LogP contribution in [0.3, 0.4) is 0 Å². The van der Waals surface area contributed by atoms with E-state index in [1.54, 1.807) is 14.2 Å². The molecular weight excluding hydrogens is 176 g/mol. The third kappa shape index (κ3) is 4.28. The van der Waals surface area contributed by atoms with Gasteiger partial charge in [0.15, 0.2) is 0 Å². The van der Waals surface area contributed by atoms with Gasteiger partial charge in [-0.15, -0.1) is 0 Å². The van der Waals surface area contributed by atoms with Gasteiger partial charge in [0.2, 0.25) is 0 Å². The van der Waals surface area contributed by atoms with E-state index in [0.717, 1.165) is 5.56 Å². The number of aromatic hydroxyl groups is 1. The smallest absolute Gasteiger partial charge is 0.118 e. The van der Waals surface area contributed by atoms with Crippen LogP contribution in [-0.2, 0) is 4.74 Å². The maximum atomic E-state index is 9.35. The molecule has 0 atom stereocenters. The molecule has 14 heavy (non-hydrogen) atoms. The van der Waals surface area contributed by atoms with Crippen LogP contribution >= 0.6 is 0 Å². The first-order valence-corrected chi connectivity index (χ1v) is 4.72. The van der Waals surface area contributed by atoms with Crippen molar-refractivity contribution in [1.82, 2.24) is 0 Å². The SMILES string of the molecule is COC.Cc1ccc(C(C)C)cc1O. The number of aryl methyl sites for hydroxylation is 1. The highest BCUT2D eigenvalue weighted by atomic mass is 16.4. The molecule has 0 spiro atoms. The van der Waals surface area contributed by atoms with E-state index in [-0.39, 0.29) is 0 Å².